The molecule has 1 amide bonds. The fraction of sp³-hybridized carbons (Fsp3) is 0.321. The van der Waals surface area contributed by atoms with Crippen LogP contribution in [0.25, 0.3) is 11.1 Å². The van der Waals surface area contributed by atoms with Gasteiger partial charge in [0.1, 0.15) is 6.61 Å². The molecule has 0 atom stereocenters. The third-order valence-corrected chi connectivity index (χ3v) is 6.92. The Morgan fingerprint density at radius 3 is 2.12 bits per heavy atom. The van der Waals surface area contributed by atoms with E-state index in [-0.39, 0.29) is 5.92 Å². The van der Waals surface area contributed by atoms with E-state index in [1.54, 1.807) is 0 Å². The molecule has 2 N–H and O–H groups in total. The van der Waals surface area contributed by atoms with Gasteiger partial charge in [0, 0.05) is 24.8 Å². The third-order valence-electron chi connectivity index (χ3n) is 6.92. The van der Waals surface area contributed by atoms with E-state index in [4.69, 9.17) is 4.74 Å². The summed E-state index contributed by atoms with van der Waals surface area (Å²) in [6.07, 6.45) is 1.67. The number of hydrogen-bond donors (Lipinski definition) is 2. The fourth-order valence-corrected chi connectivity index (χ4v) is 5.03. The molecule has 5 rings (SSSR count). The van der Waals surface area contributed by atoms with Crippen LogP contribution in [0.3, 0.4) is 0 Å². The van der Waals surface area contributed by atoms with Crippen molar-refractivity contribution in [2.45, 2.75) is 25.3 Å². The molecule has 0 radical (unpaired) electrons. The molecule has 1 heterocycles. The largest absolute Gasteiger partial charge is 0.448 e. The summed E-state index contributed by atoms with van der Waals surface area (Å²) in [7, 11) is 0. The smallest absolute Gasteiger partial charge is 0.411 e. The van der Waals surface area contributed by atoms with Gasteiger partial charge < -0.3 is 9.84 Å². The Balaban J connectivity index is 1.15. The number of anilines is 1. The minimum atomic E-state index is -0.435. The number of carbonyl (C=O) groups is 1. The van der Waals surface area contributed by atoms with Crippen LogP contribution in [0.4, 0.5) is 10.5 Å². The van der Waals surface area contributed by atoms with Crippen molar-refractivity contribution in [1.29, 1.82) is 0 Å². The SMILES string of the molecule is O=C(Nc1ccc(CN2CCC(CO)CC2)cc1)OCC1c2ccccc2-c2ccccc21. The predicted molar refractivity (Wildman–Crippen MR) is 130 cm³/mol. The maximum absolute atomic E-state index is 12.5. The quantitative estimate of drug-likeness (QED) is 0.547. The molecule has 1 aliphatic heterocycles. The molecule has 2 aliphatic rings. The van der Waals surface area contributed by atoms with Crippen molar-refractivity contribution in [1.82, 2.24) is 4.90 Å². The number of fused-ring (bicyclic) bond motifs is 3. The maximum Gasteiger partial charge on any atom is 0.411 e. The lowest BCUT2D eigenvalue weighted by Crippen LogP contribution is -2.34. The summed E-state index contributed by atoms with van der Waals surface area (Å²) in [5.74, 6) is 0.505. The van der Waals surface area contributed by atoms with Gasteiger partial charge in [0.15, 0.2) is 0 Å². The summed E-state index contributed by atoms with van der Waals surface area (Å²) in [4.78, 5) is 14.9. The van der Waals surface area contributed by atoms with Crippen molar-refractivity contribution in [3.63, 3.8) is 0 Å². The van der Waals surface area contributed by atoms with Crippen LogP contribution in [0, 0.1) is 5.92 Å². The van der Waals surface area contributed by atoms with Gasteiger partial charge in [0.05, 0.1) is 0 Å². The highest BCUT2D eigenvalue weighted by atomic mass is 16.5. The van der Waals surface area contributed by atoms with Crippen LogP contribution < -0.4 is 5.32 Å². The van der Waals surface area contributed by atoms with Crippen molar-refractivity contribution in [3.05, 3.63) is 89.5 Å². The highest BCUT2D eigenvalue weighted by Gasteiger charge is 2.29. The second-order valence-corrected chi connectivity index (χ2v) is 9.05. The number of piperidine rings is 1. The topological polar surface area (TPSA) is 61.8 Å². The van der Waals surface area contributed by atoms with E-state index in [2.05, 4.69) is 46.6 Å². The van der Waals surface area contributed by atoms with Crippen molar-refractivity contribution in [2.24, 2.45) is 5.92 Å². The van der Waals surface area contributed by atoms with Crippen molar-refractivity contribution >= 4 is 11.8 Å². The van der Waals surface area contributed by atoms with Crippen LogP contribution in [0.1, 0.15) is 35.4 Å². The standard InChI is InChI=1S/C28H30N2O3/c31-18-21-13-15-30(16-14-21)17-20-9-11-22(12-10-20)29-28(32)33-19-27-25-7-3-1-5-23(25)24-6-2-4-8-26(24)27/h1-12,21,27,31H,13-19H2,(H,29,32). The Hall–Kier alpha value is -3.15. The van der Waals surface area contributed by atoms with Crippen LogP contribution in [0.2, 0.25) is 0 Å². The number of carbonyl (C=O) groups excluding carboxylic acids is 1. The van der Waals surface area contributed by atoms with Gasteiger partial charge in [0.25, 0.3) is 0 Å². The molecule has 5 nitrogen and oxygen atoms in total. The Morgan fingerprint density at radius 2 is 1.52 bits per heavy atom. The third kappa shape index (κ3) is 4.80. The minimum absolute atomic E-state index is 0.0560. The van der Waals surface area contributed by atoms with Gasteiger partial charge in [-0.25, -0.2) is 4.79 Å². The summed E-state index contributed by atoms with van der Waals surface area (Å²) in [6, 6.07) is 24.6. The zero-order valence-electron chi connectivity index (χ0n) is 18.7. The first-order chi connectivity index (χ1) is 16.2. The van der Waals surface area contributed by atoms with Crippen LogP contribution in [-0.4, -0.2) is 42.4 Å². The highest BCUT2D eigenvalue weighted by molar-refractivity contribution is 5.85. The van der Waals surface area contributed by atoms with Crippen molar-refractivity contribution in [2.75, 3.05) is 31.6 Å². The molecule has 5 heteroatoms. The van der Waals surface area contributed by atoms with Crippen molar-refractivity contribution < 1.29 is 14.6 Å². The molecule has 0 spiro atoms. The predicted octanol–water partition coefficient (Wildman–Crippen LogP) is 5.25. The first-order valence-electron chi connectivity index (χ1n) is 11.8. The van der Waals surface area contributed by atoms with E-state index in [0.717, 1.165) is 38.2 Å². The second kappa shape index (κ2) is 9.77. The van der Waals surface area contributed by atoms with E-state index in [1.807, 2.05) is 36.4 Å². The highest BCUT2D eigenvalue weighted by Crippen LogP contribution is 2.44. The Kier molecular flexibility index (Phi) is 6.42. The maximum atomic E-state index is 12.5. The van der Waals surface area contributed by atoms with Gasteiger partial charge >= 0.3 is 6.09 Å². The zero-order chi connectivity index (χ0) is 22.6. The molecule has 0 bridgehead atoms. The summed E-state index contributed by atoms with van der Waals surface area (Å²) in [6.45, 7) is 3.53. The van der Waals surface area contributed by atoms with Gasteiger partial charge in [-0.1, -0.05) is 60.7 Å². The number of amides is 1. The van der Waals surface area contributed by atoms with Crippen LogP contribution in [0.5, 0.6) is 0 Å². The summed E-state index contributed by atoms with van der Waals surface area (Å²) in [5.41, 5.74) is 6.81. The molecule has 170 valence electrons. The number of nitrogens with one attached hydrogen (secondary N) is 1. The van der Waals surface area contributed by atoms with Crippen LogP contribution >= 0.6 is 0 Å². The van der Waals surface area contributed by atoms with Gasteiger partial charge in [-0.3, -0.25) is 10.2 Å². The Labute approximate surface area is 195 Å². The number of likely N-dealkylation sites (tertiary alicyclic amines) is 1. The summed E-state index contributed by atoms with van der Waals surface area (Å²) in [5, 5.41) is 12.1. The van der Waals surface area contributed by atoms with E-state index >= 15 is 0 Å². The lowest BCUT2D eigenvalue weighted by Gasteiger charge is -2.31. The molecule has 33 heavy (non-hydrogen) atoms. The van der Waals surface area contributed by atoms with Crippen LogP contribution in [0.15, 0.2) is 72.8 Å². The molecule has 1 aliphatic carbocycles. The lowest BCUT2D eigenvalue weighted by molar-refractivity contribution is 0.127. The number of rotatable bonds is 6. The first-order valence-corrected chi connectivity index (χ1v) is 11.8. The van der Waals surface area contributed by atoms with E-state index in [1.165, 1.54) is 27.8 Å². The molecular weight excluding hydrogens is 412 g/mol. The van der Waals surface area contributed by atoms with Gasteiger partial charge in [0.2, 0.25) is 0 Å². The van der Waals surface area contributed by atoms with Gasteiger partial charge in [-0.05, 0) is 71.8 Å². The number of ether oxygens (including phenoxy) is 1. The van der Waals surface area contributed by atoms with Gasteiger partial charge in [-0.2, -0.15) is 0 Å². The number of hydrogen-bond acceptors (Lipinski definition) is 4. The normalized spacial score (nSPS) is 16.3. The molecule has 1 saturated heterocycles. The lowest BCUT2D eigenvalue weighted by atomic mass is 9.97. The Morgan fingerprint density at radius 1 is 0.909 bits per heavy atom. The summed E-state index contributed by atoms with van der Waals surface area (Å²) < 4.78 is 5.64. The zero-order valence-corrected chi connectivity index (χ0v) is 18.7. The first kappa shape index (κ1) is 21.7. The fourth-order valence-electron chi connectivity index (χ4n) is 5.03. The number of aliphatic hydroxyl groups is 1. The average molecular weight is 443 g/mol. The van der Waals surface area contributed by atoms with Crippen molar-refractivity contribution in [3.8, 4) is 11.1 Å². The average Bonchev–Trinajstić information content (AvgIpc) is 3.18. The van der Waals surface area contributed by atoms with E-state index < -0.39 is 6.09 Å². The number of benzene rings is 3. The van der Waals surface area contributed by atoms with E-state index in [9.17, 15) is 9.90 Å². The number of nitrogens with zero attached hydrogens (tertiary/aromatic N) is 1. The minimum Gasteiger partial charge on any atom is -0.448 e. The van der Waals surface area contributed by atoms with E-state index in [0.29, 0.717) is 19.1 Å². The molecule has 0 unspecified atom stereocenters. The van der Waals surface area contributed by atoms with Crippen LogP contribution in [-0.2, 0) is 11.3 Å². The Bertz CT molecular complexity index is 1060. The molecule has 3 aromatic rings. The van der Waals surface area contributed by atoms with Gasteiger partial charge in [-0.15, -0.1) is 0 Å². The molecule has 3 aromatic carbocycles. The number of aliphatic hydroxyl groups excluding tert-OH is 1. The summed E-state index contributed by atoms with van der Waals surface area (Å²) >= 11 is 0. The monoisotopic (exact) mass is 442 g/mol. The molecular formula is C28H30N2O3. The molecule has 1 fully saturated rings. The molecule has 0 saturated carbocycles. The molecule has 0 aromatic heterocycles. The second-order valence-electron chi connectivity index (χ2n) is 9.05.